The molecular weight excluding hydrogens is 544 g/mol. The van der Waals surface area contributed by atoms with E-state index in [0.717, 1.165) is 18.9 Å². The van der Waals surface area contributed by atoms with Crippen molar-refractivity contribution in [3.8, 4) is 17.2 Å². The van der Waals surface area contributed by atoms with Crippen LogP contribution in [0.4, 0.5) is 20.3 Å². The quantitative estimate of drug-likeness (QED) is 0.243. The van der Waals surface area contributed by atoms with E-state index < -0.39 is 23.1 Å². The Labute approximate surface area is 239 Å². The van der Waals surface area contributed by atoms with Gasteiger partial charge in [0.1, 0.15) is 22.8 Å². The molecule has 1 aliphatic carbocycles. The normalized spacial score (nSPS) is 12.3. The zero-order chi connectivity index (χ0) is 29.8. The maximum Gasteiger partial charge on any atom is 0.267 e. The Balaban J connectivity index is 0.00000173. The van der Waals surface area contributed by atoms with Gasteiger partial charge in [-0.1, -0.05) is 13.8 Å². The lowest BCUT2D eigenvalue weighted by atomic mass is 10.2. The number of carbonyl (C=O) groups excluding carboxylic acids is 2. The summed E-state index contributed by atoms with van der Waals surface area (Å²) < 4.78 is 36.7. The van der Waals surface area contributed by atoms with Crippen LogP contribution in [0.5, 0.6) is 11.5 Å². The van der Waals surface area contributed by atoms with E-state index in [0.29, 0.717) is 22.9 Å². The van der Waals surface area contributed by atoms with Crippen LogP contribution in [0.25, 0.3) is 11.3 Å². The number of benzene rings is 2. The van der Waals surface area contributed by atoms with E-state index in [1.54, 1.807) is 28.9 Å². The molecule has 2 amide bonds. The van der Waals surface area contributed by atoms with Gasteiger partial charge < -0.3 is 19.8 Å². The molecule has 214 valence electrons. The summed E-state index contributed by atoms with van der Waals surface area (Å²) in [5.41, 5.74) is 0.303. The van der Waals surface area contributed by atoms with Crippen molar-refractivity contribution in [2.75, 3.05) is 10.6 Å². The van der Waals surface area contributed by atoms with Crippen molar-refractivity contribution in [3.05, 3.63) is 113 Å². The Morgan fingerprint density at radius 2 is 1.71 bits per heavy atom. The molecule has 3 aromatic heterocycles. The number of ether oxygens (including phenoxy) is 1. The highest BCUT2D eigenvalue weighted by atomic mass is 19.1. The molecule has 2 N–H and O–H groups in total. The fraction of sp³-hybridized carbons (Fsp3) is 0.161. The van der Waals surface area contributed by atoms with Gasteiger partial charge in [-0.25, -0.2) is 13.8 Å². The average molecular weight is 572 g/mol. The molecule has 0 radical (unpaired) electrons. The van der Waals surface area contributed by atoms with E-state index in [4.69, 9.17) is 4.74 Å². The molecule has 0 aliphatic heterocycles. The Morgan fingerprint density at radius 1 is 0.952 bits per heavy atom. The molecule has 1 aliphatic rings. The molecule has 0 unspecified atom stereocenters. The number of fused-ring (bicyclic) bond motifs is 1. The smallest absolute Gasteiger partial charge is 0.267 e. The number of halogens is 2. The second kappa shape index (κ2) is 12.0. The van der Waals surface area contributed by atoms with Gasteiger partial charge in [0.05, 0.1) is 12.4 Å². The number of carbonyl (C=O) groups is 2. The molecule has 0 bridgehead atoms. The Kier molecular flexibility index (Phi) is 8.09. The summed E-state index contributed by atoms with van der Waals surface area (Å²) in [6, 6.07) is 15.3. The van der Waals surface area contributed by atoms with E-state index in [9.17, 15) is 23.2 Å². The molecule has 11 heteroatoms. The minimum absolute atomic E-state index is 0.0484. The monoisotopic (exact) mass is 571 g/mol. The highest BCUT2D eigenvalue weighted by Crippen LogP contribution is 2.31. The summed E-state index contributed by atoms with van der Waals surface area (Å²) in [7, 11) is 0. The van der Waals surface area contributed by atoms with Crippen LogP contribution in [-0.4, -0.2) is 25.8 Å². The van der Waals surface area contributed by atoms with Gasteiger partial charge >= 0.3 is 0 Å². The number of nitrogens with zero attached hydrogens (tertiary/aromatic N) is 3. The van der Waals surface area contributed by atoms with Crippen LogP contribution in [0.15, 0.2) is 90.1 Å². The minimum atomic E-state index is -0.738. The number of hydrogen-bond acceptors (Lipinski definition) is 5. The Hall–Kier alpha value is -5.32. The fourth-order valence-corrected chi connectivity index (χ4v) is 4.12. The number of pyridine rings is 2. The van der Waals surface area contributed by atoms with Crippen molar-refractivity contribution in [2.24, 2.45) is 5.92 Å². The molecule has 1 saturated carbocycles. The lowest BCUT2D eigenvalue weighted by Crippen LogP contribution is -2.27. The number of hydrogen-bond donors (Lipinski definition) is 2. The number of aromatic nitrogens is 3. The maximum absolute atomic E-state index is 14.9. The number of imidazole rings is 1. The first-order chi connectivity index (χ1) is 20.3. The third-order valence-corrected chi connectivity index (χ3v) is 6.34. The summed E-state index contributed by atoms with van der Waals surface area (Å²) in [5.74, 6) is -1.27. The highest BCUT2D eigenvalue weighted by Gasteiger charge is 2.30. The third kappa shape index (κ3) is 6.20. The van der Waals surface area contributed by atoms with Gasteiger partial charge in [0.15, 0.2) is 17.4 Å². The van der Waals surface area contributed by atoms with Gasteiger partial charge in [-0.2, -0.15) is 0 Å². The molecule has 42 heavy (non-hydrogen) atoms. The van der Waals surface area contributed by atoms with Gasteiger partial charge in [-0.3, -0.25) is 19.0 Å². The van der Waals surface area contributed by atoms with Crippen molar-refractivity contribution in [3.63, 3.8) is 0 Å². The number of anilines is 2. The second-order valence-corrected chi connectivity index (χ2v) is 9.29. The largest absolute Gasteiger partial charge is 0.453 e. The molecule has 1 fully saturated rings. The van der Waals surface area contributed by atoms with Crippen LogP contribution in [0, 0.1) is 17.6 Å². The first-order valence-electron chi connectivity index (χ1n) is 13.4. The van der Waals surface area contributed by atoms with Crippen molar-refractivity contribution in [1.29, 1.82) is 0 Å². The summed E-state index contributed by atoms with van der Waals surface area (Å²) in [6.45, 7) is 4.00. The van der Waals surface area contributed by atoms with Crippen LogP contribution < -0.4 is 20.9 Å². The summed E-state index contributed by atoms with van der Waals surface area (Å²) in [5, 5.41) is 5.30. The highest BCUT2D eigenvalue weighted by molar-refractivity contribution is 6.04. The van der Waals surface area contributed by atoms with E-state index in [1.165, 1.54) is 59.3 Å². The van der Waals surface area contributed by atoms with E-state index in [-0.39, 0.29) is 28.8 Å². The summed E-state index contributed by atoms with van der Waals surface area (Å²) >= 11 is 0. The zero-order valence-corrected chi connectivity index (χ0v) is 22.8. The SMILES string of the molecule is CC.O=C(Nc1ccc(Oc2ccc3nc(NC(=O)C4CC4)cn3c2)c(F)c1)c1cccn(-c2ccc(F)cc2)c1=O. The Bertz CT molecular complexity index is 1830. The first-order valence-corrected chi connectivity index (χ1v) is 13.4. The lowest BCUT2D eigenvalue weighted by molar-refractivity contribution is -0.117. The van der Waals surface area contributed by atoms with Gasteiger partial charge in [-0.15, -0.1) is 0 Å². The van der Waals surface area contributed by atoms with Crippen LogP contribution in [-0.2, 0) is 4.79 Å². The zero-order valence-electron chi connectivity index (χ0n) is 22.8. The molecule has 6 rings (SSSR count). The summed E-state index contributed by atoms with van der Waals surface area (Å²) in [4.78, 5) is 42.0. The molecule has 0 spiro atoms. The van der Waals surface area contributed by atoms with Crippen LogP contribution in [0.1, 0.15) is 37.0 Å². The van der Waals surface area contributed by atoms with Crippen LogP contribution in [0.3, 0.4) is 0 Å². The van der Waals surface area contributed by atoms with Crippen LogP contribution in [0.2, 0.25) is 0 Å². The third-order valence-electron chi connectivity index (χ3n) is 6.34. The van der Waals surface area contributed by atoms with Gasteiger partial charge in [0.25, 0.3) is 11.5 Å². The molecular formula is C31H27F2N5O4. The lowest BCUT2D eigenvalue weighted by Gasteiger charge is -2.11. The number of rotatable bonds is 7. The maximum atomic E-state index is 14.9. The molecule has 2 aromatic carbocycles. The minimum Gasteiger partial charge on any atom is -0.453 e. The predicted octanol–water partition coefficient (Wildman–Crippen LogP) is 6.18. The van der Waals surface area contributed by atoms with Crippen molar-refractivity contribution in [1.82, 2.24) is 14.0 Å². The topological polar surface area (TPSA) is 107 Å². The second-order valence-electron chi connectivity index (χ2n) is 9.29. The predicted molar refractivity (Wildman–Crippen MR) is 154 cm³/mol. The van der Waals surface area contributed by atoms with Gasteiger partial charge in [0.2, 0.25) is 5.91 Å². The van der Waals surface area contributed by atoms with Crippen LogP contribution >= 0.6 is 0 Å². The molecule has 9 nitrogen and oxygen atoms in total. The number of nitrogens with one attached hydrogen (secondary N) is 2. The van der Waals surface area contributed by atoms with Crippen molar-refractivity contribution in [2.45, 2.75) is 26.7 Å². The standard InChI is InChI=1S/C29H21F2N5O4.C2H6/c30-18-5-8-20(9-6-18)36-13-1-2-22(29(36)39)28(38)32-19-7-11-24(23(31)14-19)40-21-10-12-26-33-25(16-35(26)15-21)34-27(37)17-3-4-17;1-2/h1-2,5-17H,3-4H2,(H,32,38)(H,34,37);1-2H3. The Morgan fingerprint density at radius 3 is 2.43 bits per heavy atom. The van der Waals surface area contributed by atoms with Gasteiger partial charge in [-0.05, 0) is 73.5 Å². The molecule has 3 heterocycles. The van der Waals surface area contributed by atoms with E-state index in [2.05, 4.69) is 15.6 Å². The van der Waals surface area contributed by atoms with Crippen molar-refractivity contribution < 1.29 is 23.1 Å². The first kappa shape index (κ1) is 28.2. The molecule has 0 saturated heterocycles. The molecule has 0 atom stereocenters. The average Bonchev–Trinajstić information content (AvgIpc) is 3.77. The van der Waals surface area contributed by atoms with Crippen molar-refractivity contribution >= 4 is 29.0 Å². The summed E-state index contributed by atoms with van der Waals surface area (Å²) in [6.07, 6.45) is 6.48. The molecule has 5 aromatic rings. The van der Waals surface area contributed by atoms with E-state index in [1.807, 2.05) is 13.8 Å². The van der Waals surface area contributed by atoms with E-state index >= 15 is 0 Å². The number of amides is 2. The van der Waals surface area contributed by atoms with Gasteiger partial charge in [0, 0.05) is 29.6 Å². The fourth-order valence-electron chi connectivity index (χ4n) is 4.12.